The number of nitriles is 1. The Morgan fingerprint density at radius 3 is 2.12 bits per heavy atom. The number of nitrogens with zero attached hydrogens (tertiary/aromatic N) is 2. The predicted octanol–water partition coefficient (Wildman–Crippen LogP) is 5.58. The lowest BCUT2D eigenvalue weighted by atomic mass is 9.98. The highest BCUT2D eigenvalue weighted by Crippen LogP contribution is 2.43. The van der Waals surface area contributed by atoms with E-state index in [0.29, 0.717) is 34.1 Å². The van der Waals surface area contributed by atoms with Gasteiger partial charge in [0.15, 0.2) is 0 Å². The highest BCUT2D eigenvalue weighted by Gasteiger charge is 2.29. The molecule has 0 fully saturated rings. The maximum Gasteiger partial charge on any atom is 0.275 e. The molecule has 0 spiro atoms. The average Bonchev–Trinajstić information content (AvgIpc) is 3.41. The first kappa shape index (κ1) is 21.0. The second kappa shape index (κ2) is 8.60. The van der Waals surface area contributed by atoms with Crippen LogP contribution in [-0.4, -0.2) is 25.8 Å². The van der Waals surface area contributed by atoms with Crippen molar-refractivity contribution >= 4 is 23.2 Å². The number of fused-ring (bicyclic) bond motifs is 1. The average molecular weight is 449 g/mol. The zero-order chi connectivity index (χ0) is 23.7. The number of carbonyl (C=O) groups excluding carboxylic acids is 1. The minimum Gasteiger partial charge on any atom is -0.497 e. The highest BCUT2D eigenvalue weighted by atomic mass is 16.5. The van der Waals surface area contributed by atoms with Crippen molar-refractivity contribution in [3.63, 3.8) is 0 Å². The molecule has 1 aliphatic rings. The first-order valence-corrected chi connectivity index (χ1v) is 10.5. The van der Waals surface area contributed by atoms with Gasteiger partial charge in [-0.05, 0) is 48.0 Å². The van der Waals surface area contributed by atoms with E-state index in [1.807, 2.05) is 60.7 Å². The Bertz CT molecular complexity index is 1460. The van der Waals surface area contributed by atoms with Gasteiger partial charge < -0.3 is 19.2 Å². The van der Waals surface area contributed by atoms with E-state index >= 15 is 0 Å². The summed E-state index contributed by atoms with van der Waals surface area (Å²) in [5, 5.41) is 12.9. The van der Waals surface area contributed by atoms with Crippen molar-refractivity contribution < 1.29 is 18.7 Å². The third-order valence-electron chi connectivity index (χ3n) is 5.59. The normalized spacial score (nSPS) is 13.3. The Kier molecular flexibility index (Phi) is 5.32. The fourth-order valence-electron chi connectivity index (χ4n) is 3.90. The molecular weight excluding hydrogens is 430 g/mol. The maximum absolute atomic E-state index is 12.6. The molecular formula is C27H19N3O4. The number of para-hydroxylation sites is 1. The fourth-order valence-corrected chi connectivity index (χ4v) is 3.90. The first-order valence-electron chi connectivity index (χ1n) is 10.5. The van der Waals surface area contributed by atoms with Crippen molar-refractivity contribution in [1.29, 1.82) is 5.26 Å². The Hall–Kier alpha value is -4.83. The van der Waals surface area contributed by atoms with Crippen LogP contribution >= 0.6 is 0 Å². The molecule has 1 N–H and O–H groups in total. The lowest BCUT2D eigenvalue weighted by molar-refractivity contribution is -0.110. The van der Waals surface area contributed by atoms with Gasteiger partial charge in [0, 0.05) is 16.7 Å². The van der Waals surface area contributed by atoms with Crippen LogP contribution in [0.2, 0.25) is 0 Å². The van der Waals surface area contributed by atoms with Gasteiger partial charge in [-0.2, -0.15) is 5.26 Å². The minimum absolute atomic E-state index is 0.0704. The molecule has 0 saturated carbocycles. The molecule has 0 saturated heterocycles. The monoisotopic (exact) mass is 449 g/mol. The molecule has 1 amide bonds. The molecule has 0 atom stereocenters. The summed E-state index contributed by atoms with van der Waals surface area (Å²) in [6.07, 6.45) is 0. The molecule has 4 aromatic rings. The number of carbonyl (C=O) groups is 1. The molecule has 0 unspecified atom stereocenters. The van der Waals surface area contributed by atoms with Gasteiger partial charge >= 0.3 is 0 Å². The zero-order valence-corrected chi connectivity index (χ0v) is 18.5. The molecule has 2 heterocycles. The number of amides is 1. The molecule has 7 nitrogen and oxygen atoms in total. The number of ether oxygens (including phenoxy) is 2. The third kappa shape index (κ3) is 3.57. The number of hydrogen-bond acceptors (Lipinski definition) is 6. The molecule has 0 aliphatic carbocycles. The molecule has 166 valence electrons. The first-order chi connectivity index (χ1) is 16.6. The van der Waals surface area contributed by atoms with E-state index in [1.54, 1.807) is 26.4 Å². The number of hydrogen-bond donors (Lipinski definition) is 1. The van der Waals surface area contributed by atoms with Gasteiger partial charge in [0.05, 0.1) is 19.9 Å². The van der Waals surface area contributed by atoms with Crippen LogP contribution < -0.4 is 14.8 Å². The van der Waals surface area contributed by atoms with Crippen LogP contribution in [0.25, 0.3) is 22.5 Å². The van der Waals surface area contributed by atoms with Crippen LogP contribution in [0.4, 0.5) is 11.6 Å². The van der Waals surface area contributed by atoms with E-state index in [0.717, 1.165) is 11.1 Å². The maximum atomic E-state index is 12.6. The van der Waals surface area contributed by atoms with Crippen molar-refractivity contribution in [2.24, 2.45) is 4.99 Å². The SMILES string of the molecule is COc1ccc(-c2oc(/N=C3\C(=O)Nc4ccccc43)c(C#N)c2-c2ccc(OC)cc2)cc1. The van der Waals surface area contributed by atoms with Crippen LogP contribution in [0.3, 0.4) is 0 Å². The number of methoxy groups -OCH3 is 2. The molecule has 1 aromatic heterocycles. The summed E-state index contributed by atoms with van der Waals surface area (Å²) in [6, 6.07) is 24.1. The molecule has 0 bridgehead atoms. The highest BCUT2D eigenvalue weighted by molar-refractivity contribution is 6.54. The summed E-state index contributed by atoms with van der Waals surface area (Å²) in [7, 11) is 3.19. The van der Waals surface area contributed by atoms with Crippen LogP contribution in [0, 0.1) is 11.3 Å². The van der Waals surface area contributed by atoms with E-state index in [4.69, 9.17) is 13.9 Å². The largest absolute Gasteiger partial charge is 0.497 e. The van der Waals surface area contributed by atoms with Gasteiger partial charge in [0.1, 0.15) is 34.6 Å². The molecule has 7 heteroatoms. The predicted molar refractivity (Wildman–Crippen MR) is 129 cm³/mol. The Morgan fingerprint density at radius 2 is 1.50 bits per heavy atom. The van der Waals surface area contributed by atoms with Crippen LogP contribution in [0.15, 0.2) is 82.2 Å². The number of anilines is 1. The Balaban J connectivity index is 1.73. The molecule has 3 aromatic carbocycles. The fraction of sp³-hybridized carbons (Fsp3) is 0.0741. The third-order valence-corrected chi connectivity index (χ3v) is 5.59. The quantitative estimate of drug-likeness (QED) is 0.429. The smallest absolute Gasteiger partial charge is 0.275 e. The summed E-state index contributed by atoms with van der Waals surface area (Å²) in [6.45, 7) is 0. The van der Waals surface area contributed by atoms with E-state index in [-0.39, 0.29) is 23.1 Å². The van der Waals surface area contributed by atoms with Crippen molar-refractivity contribution in [2.45, 2.75) is 0 Å². The lowest BCUT2D eigenvalue weighted by Crippen LogP contribution is -2.13. The van der Waals surface area contributed by atoms with Crippen molar-refractivity contribution in [3.05, 3.63) is 83.9 Å². The summed E-state index contributed by atoms with van der Waals surface area (Å²) in [5.74, 6) is 1.58. The van der Waals surface area contributed by atoms with Crippen molar-refractivity contribution in [3.8, 4) is 40.0 Å². The summed E-state index contributed by atoms with van der Waals surface area (Å²) >= 11 is 0. The van der Waals surface area contributed by atoms with Crippen LogP contribution in [0.5, 0.6) is 11.5 Å². The van der Waals surface area contributed by atoms with E-state index in [2.05, 4.69) is 16.4 Å². The summed E-state index contributed by atoms with van der Waals surface area (Å²) < 4.78 is 16.7. The van der Waals surface area contributed by atoms with Crippen molar-refractivity contribution in [1.82, 2.24) is 0 Å². The van der Waals surface area contributed by atoms with Crippen molar-refractivity contribution in [2.75, 3.05) is 19.5 Å². The molecule has 1 aliphatic heterocycles. The van der Waals surface area contributed by atoms with Gasteiger partial charge in [-0.1, -0.05) is 30.3 Å². The topological polar surface area (TPSA) is 96.9 Å². The Labute approximate surface area is 195 Å². The van der Waals surface area contributed by atoms with E-state index < -0.39 is 0 Å². The van der Waals surface area contributed by atoms with Crippen LogP contribution in [-0.2, 0) is 4.79 Å². The number of furan rings is 1. The van der Waals surface area contributed by atoms with Crippen LogP contribution in [0.1, 0.15) is 11.1 Å². The number of aliphatic imine (C=N–C) groups is 1. The number of benzene rings is 3. The molecule has 5 rings (SSSR count). The Morgan fingerprint density at radius 1 is 0.882 bits per heavy atom. The van der Waals surface area contributed by atoms with Gasteiger partial charge in [0.2, 0.25) is 5.88 Å². The van der Waals surface area contributed by atoms with Gasteiger partial charge in [-0.3, -0.25) is 4.79 Å². The number of nitrogens with one attached hydrogen (secondary N) is 1. The number of rotatable bonds is 5. The van der Waals surface area contributed by atoms with E-state index in [1.165, 1.54) is 0 Å². The second-order valence-electron chi connectivity index (χ2n) is 7.52. The second-order valence-corrected chi connectivity index (χ2v) is 7.52. The molecule has 0 radical (unpaired) electrons. The standard InChI is InChI=1S/C27H19N3O4/c1-32-18-11-7-16(8-12-18)23-21(15-28)27(34-25(23)17-9-13-19(33-2)14-10-17)30-24-20-5-3-4-6-22(20)29-26(24)31/h3-14H,1-2H3,(H,29,30,31). The minimum atomic E-state index is -0.349. The van der Waals surface area contributed by atoms with Gasteiger partial charge in [0.25, 0.3) is 5.91 Å². The zero-order valence-electron chi connectivity index (χ0n) is 18.5. The summed E-state index contributed by atoms with van der Waals surface area (Å²) in [4.78, 5) is 17.1. The van der Waals surface area contributed by atoms with E-state index in [9.17, 15) is 10.1 Å². The molecule has 34 heavy (non-hydrogen) atoms. The summed E-state index contributed by atoms with van der Waals surface area (Å²) in [5.41, 5.74) is 3.85. The lowest BCUT2D eigenvalue weighted by Gasteiger charge is -2.06. The van der Waals surface area contributed by atoms with Gasteiger partial charge in [-0.15, -0.1) is 0 Å². The van der Waals surface area contributed by atoms with Gasteiger partial charge in [-0.25, -0.2) is 4.99 Å².